The first-order valence-electron chi connectivity index (χ1n) is 9.86. The molecule has 0 amide bonds. The van der Waals surface area contributed by atoms with Gasteiger partial charge in [-0.1, -0.05) is 48.0 Å². The Labute approximate surface area is 183 Å². The summed E-state index contributed by atoms with van der Waals surface area (Å²) in [6.45, 7) is -3.35. The molecule has 1 heterocycles. The van der Waals surface area contributed by atoms with Gasteiger partial charge in [0.1, 0.15) is 30.5 Å². The lowest BCUT2D eigenvalue weighted by Crippen LogP contribution is -2.55. The zero-order valence-corrected chi connectivity index (χ0v) is 17.3. The van der Waals surface area contributed by atoms with Gasteiger partial charge >= 0.3 is 6.61 Å². The van der Waals surface area contributed by atoms with Crippen molar-refractivity contribution in [3.05, 3.63) is 69.7 Å². The first-order chi connectivity index (χ1) is 14.8. The van der Waals surface area contributed by atoms with Crippen molar-refractivity contribution in [3.8, 4) is 0 Å². The second-order valence-corrected chi connectivity index (χ2v) is 7.88. The maximum absolute atomic E-state index is 12.1. The monoisotopic (exact) mass is 458 g/mol. The smallest absolute Gasteiger partial charge is 0.345 e. The van der Waals surface area contributed by atoms with Crippen molar-refractivity contribution in [2.45, 2.75) is 50.0 Å². The Morgan fingerprint density at radius 2 is 1.65 bits per heavy atom. The summed E-state index contributed by atoms with van der Waals surface area (Å²) < 4.78 is 34.0. The van der Waals surface area contributed by atoms with Gasteiger partial charge in [0.25, 0.3) is 0 Å². The molecule has 0 radical (unpaired) electrons. The van der Waals surface area contributed by atoms with Crippen LogP contribution >= 0.6 is 11.6 Å². The summed E-state index contributed by atoms with van der Waals surface area (Å²) in [5.74, 6) is 0. The summed E-state index contributed by atoms with van der Waals surface area (Å²) in [7, 11) is 0. The van der Waals surface area contributed by atoms with Gasteiger partial charge in [0.05, 0.1) is 13.2 Å². The van der Waals surface area contributed by atoms with E-state index in [1.807, 2.05) is 24.3 Å². The van der Waals surface area contributed by atoms with E-state index in [0.717, 1.165) is 16.7 Å². The van der Waals surface area contributed by atoms with E-state index in [2.05, 4.69) is 4.74 Å². The van der Waals surface area contributed by atoms with Gasteiger partial charge in [0.2, 0.25) is 0 Å². The third-order valence-corrected chi connectivity index (χ3v) is 5.71. The van der Waals surface area contributed by atoms with Crippen LogP contribution in [0.5, 0.6) is 0 Å². The van der Waals surface area contributed by atoms with Gasteiger partial charge in [-0.2, -0.15) is 8.78 Å². The highest BCUT2D eigenvalue weighted by Gasteiger charge is 2.44. The van der Waals surface area contributed by atoms with Crippen molar-refractivity contribution in [2.24, 2.45) is 0 Å². The molecule has 1 saturated heterocycles. The van der Waals surface area contributed by atoms with E-state index in [1.54, 1.807) is 18.2 Å². The molecule has 2 aromatic rings. The maximum atomic E-state index is 12.1. The summed E-state index contributed by atoms with van der Waals surface area (Å²) in [4.78, 5) is 0. The van der Waals surface area contributed by atoms with E-state index in [1.165, 1.54) is 0 Å². The van der Waals surface area contributed by atoms with Crippen LogP contribution in [0.1, 0.15) is 28.4 Å². The minimum absolute atomic E-state index is 0.0655. The molecule has 6 nitrogen and oxygen atoms in total. The Kier molecular flexibility index (Phi) is 8.35. The fourth-order valence-corrected chi connectivity index (χ4v) is 3.78. The molecule has 0 spiro atoms. The predicted molar refractivity (Wildman–Crippen MR) is 109 cm³/mol. The summed E-state index contributed by atoms with van der Waals surface area (Å²) in [5.41, 5.74) is 3.11. The molecule has 2 aromatic carbocycles. The van der Waals surface area contributed by atoms with Crippen LogP contribution in [0.4, 0.5) is 8.78 Å². The van der Waals surface area contributed by atoms with E-state index >= 15 is 0 Å². The summed E-state index contributed by atoms with van der Waals surface area (Å²) in [6.07, 6.45) is -5.35. The minimum Gasteiger partial charge on any atom is -0.394 e. The molecular weight excluding hydrogens is 434 g/mol. The number of rotatable bonds is 8. The molecule has 3 rings (SSSR count). The lowest BCUT2D eigenvalue weighted by atomic mass is 9.90. The number of hydrogen-bond acceptors (Lipinski definition) is 6. The van der Waals surface area contributed by atoms with Crippen LogP contribution in [0.3, 0.4) is 0 Å². The van der Waals surface area contributed by atoms with Gasteiger partial charge in [-0.05, 0) is 41.2 Å². The van der Waals surface area contributed by atoms with Gasteiger partial charge in [-0.25, -0.2) is 0 Å². The molecule has 9 heteroatoms. The molecule has 4 N–H and O–H groups in total. The van der Waals surface area contributed by atoms with Crippen LogP contribution < -0.4 is 0 Å². The number of ether oxygens (including phenoxy) is 2. The summed E-state index contributed by atoms with van der Waals surface area (Å²) in [5, 5.41) is 40.2. The maximum Gasteiger partial charge on any atom is 0.345 e. The Morgan fingerprint density at radius 1 is 0.968 bits per heavy atom. The fraction of sp³-hybridized carbons (Fsp3) is 0.455. The SMILES string of the molecule is OC[C@H]1O[C@@H](c2ccc(Cl)c(Cc3ccc(CCOC(F)F)cc3)c2)[C@H](O)[C@@H](O)[C@@H]1O. The summed E-state index contributed by atoms with van der Waals surface area (Å²) in [6, 6.07) is 12.5. The Bertz CT molecular complexity index is 848. The van der Waals surface area contributed by atoms with Gasteiger partial charge in [-0.3, -0.25) is 0 Å². The van der Waals surface area contributed by atoms with Crippen molar-refractivity contribution >= 4 is 11.6 Å². The van der Waals surface area contributed by atoms with Crippen LogP contribution in [0, 0.1) is 0 Å². The third kappa shape index (κ3) is 5.98. The Hall–Kier alpha value is -1.65. The molecule has 0 bridgehead atoms. The lowest BCUT2D eigenvalue weighted by molar-refractivity contribution is -0.231. The Morgan fingerprint density at radius 3 is 2.29 bits per heavy atom. The van der Waals surface area contributed by atoms with Crippen LogP contribution in [-0.2, 0) is 22.3 Å². The van der Waals surface area contributed by atoms with E-state index < -0.39 is 43.7 Å². The molecule has 1 aliphatic rings. The molecule has 0 saturated carbocycles. The quantitative estimate of drug-likeness (QED) is 0.484. The second-order valence-electron chi connectivity index (χ2n) is 7.48. The number of aliphatic hydroxyl groups is 4. The average Bonchev–Trinajstić information content (AvgIpc) is 2.75. The van der Waals surface area contributed by atoms with Crippen molar-refractivity contribution < 1.29 is 38.7 Å². The number of halogens is 3. The number of aliphatic hydroxyl groups excluding tert-OH is 4. The van der Waals surface area contributed by atoms with E-state index in [9.17, 15) is 29.2 Å². The number of alkyl halides is 2. The first-order valence-corrected chi connectivity index (χ1v) is 10.2. The molecule has 31 heavy (non-hydrogen) atoms. The molecule has 1 aliphatic heterocycles. The topological polar surface area (TPSA) is 99.4 Å². The van der Waals surface area contributed by atoms with E-state index in [0.29, 0.717) is 23.4 Å². The lowest BCUT2D eigenvalue weighted by Gasteiger charge is -2.40. The first kappa shape index (κ1) is 24.0. The highest BCUT2D eigenvalue weighted by atomic mass is 35.5. The Balaban J connectivity index is 1.72. The molecular formula is C22H25ClF2O6. The van der Waals surface area contributed by atoms with Crippen LogP contribution in [0.2, 0.25) is 5.02 Å². The zero-order chi connectivity index (χ0) is 22.5. The second kappa shape index (κ2) is 10.8. The number of benzene rings is 2. The van der Waals surface area contributed by atoms with Crippen LogP contribution in [0.25, 0.3) is 0 Å². The van der Waals surface area contributed by atoms with Crippen LogP contribution in [0.15, 0.2) is 42.5 Å². The van der Waals surface area contributed by atoms with Gasteiger partial charge < -0.3 is 29.9 Å². The van der Waals surface area contributed by atoms with E-state index in [4.69, 9.17) is 16.3 Å². The van der Waals surface area contributed by atoms with Crippen molar-refractivity contribution in [1.29, 1.82) is 0 Å². The molecule has 170 valence electrons. The highest BCUT2D eigenvalue weighted by molar-refractivity contribution is 6.31. The van der Waals surface area contributed by atoms with Gasteiger partial charge in [-0.15, -0.1) is 0 Å². The minimum atomic E-state index is -2.78. The summed E-state index contributed by atoms with van der Waals surface area (Å²) >= 11 is 6.34. The predicted octanol–water partition coefficient (Wildman–Crippen LogP) is 2.23. The zero-order valence-electron chi connectivity index (χ0n) is 16.6. The highest BCUT2D eigenvalue weighted by Crippen LogP contribution is 2.34. The number of hydrogen-bond donors (Lipinski definition) is 4. The molecule has 1 fully saturated rings. The van der Waals surface area contributed by atoms with Crippen molar-refractivity contribution in [1.82, 2.24) is 0 Å². The standard InChI is InChI=1S/C22H25ClF2O6/c23-16-6-5-14(21-20(29)19(28)18(27)17(11-26)31-21)10-15(16)9-13-3-1-12(2-4-13)7-8-30-22(24)25/h1-6,10,17-22,26-29H,7-9,11H2/t17-,18-,19+,20-,21+/m1/s1. The van der Waals surface area contributed by atoms with Crippen molar-refractivity contribution in [3.63, 3.8) is 0 Å². The van der Waals surface area contributed by atoms with Crippen molar-refractivity contribution in [2.75, 3.05) is 13.2 Å². The average molecular weight is 459 g/mol. The molecule has 0 aliphatic carbocycles. The van der Waals surface area contributed by atoms with Crippen LogP contribution in [-0.4, -0.2) is 64.7 Å². The third-order valence-electron chi connectivity index (χ3n) is 5.34. The van der Waals surface area contributed by atoms with Gasteiger partial charge in [0, 0.05) is 5.02 Å². The van der Waals surface area contributed by atoms with E-state index in [-0.39, 0.29) is 6.61 Å². The fourth-order valence-electron chi connectivity index (χ4n) is 3.59. The normalized spacial score (nSPS) is 26.4. The van der Waals surface area contributed by atoms with Gasteiger partial charge in [0.15, 0.2) is 0 Å². The molecule has 5 atom stereocenters. The molecule has 0 aromatic heterocycles. The largest absolute Gasteiger partial charge is 0.394 e. The molecule has 0 unspecified atom stereocenters.